The van der Waals surface area contributed by atoms with Gasteiger partial charge in [-0.3, -0.25) is 14.4 Å². The molecule has 0 saturated heterocycles. The largest absolute Gasteiger partial charge is 0.340 e. The van der Waals surface area contributed by atoms with Crippen molar-refractivity contribution in [1.82, 2.24) is 25.1 Å². The normalized spacial score (nSPS) is 12.9. The Morgan fingerprint density at radius 2 is 1.14 bits per heavy atom. The summed E-state index contributed by atoms with van der Waals surface area (Å²) in [7, 11) is 0. The Labute approximate surface area is 337 Å². The zero-order chi connectivity index (χ0) is 38.9. The second kappa shape index (κ2) is 18.5. The monoisotopic (exact) mass is 781 g/mol. The predicted molar refractivity (Wildman–Crippen MR) is 226 cm³/mol. The molecule has 1 atom stereocenters. The summed E-state index contributed by atoms with van der Waals surface area (Å²) in [5.74, 6) is -0.0287. The van der Waals surface area contributed by atoms with Crippen molar-refractivity contribution in [2.75, 3.05) is 13.1 Å². The van der Waals surface area contributed by atoms with Crippen LogP contribution in [-0.2, 0) is 33.9 Å². The van der Waals surface area contributed by atoms with Gasteiger partial charge in [0, 0.05) is 31.4 Å². The molecule has 4 aromatic carbocycles. The molecule has 2 aromatic heterocycles. The first kappa shape index (κ1) is 38.8. The summed E-state index contributed by atoms with van der Waals surface area (Å²) in [5.41, 5.74) is 6.21. The number of nitrogens with zero attached hydrogens (tertiary/aromatic N) is 4. The van der Waals surface area contributed by atoms with E-state index in [4.69, 9.17) is 4.98 Å². The molecular formula is C46H47N5O3S2. The molecular weight excluding hydrogens is 735 g/mol. The van der Waals surface area contributed by atoms with E-state index in [2.05, 4.69) is 72.7 Å². The van der Waals surface area contributed by atoms with Crippen LogP contribution in [0.25, 0.3) is 32.0 Å². The van der Waals surface area contributed by atoms with Crippen LogP contribution < -0.4 is 5.32 Å². The third-order valence-corrected chi connectivity index (χ3v) is 12.0. The van der Waals surface area contributed by atoms with Gasteiger partial charge in [0.25, 0.3) is 0 Å². The van der Waals surface area contributed by atoms with E-state index < -0.39 is 6.04 Å². The molecule has 8 nitrogen and oxygen atoms in total. The average molecular weight is 782 g/mol. The molecule has 0 bridgehead atoms. The van der Waals surface area contributed by atoms with Crippen LogP contribution in [0.3, 0.4) is 0 Å². The number of hydrogen-bond acceptors (Lipinski definition) is 7. The van der Waals surface area contributed by atoms with Crippen molar-refractivity contribution in [3.05, 3.63) is 143 Å². The molecule has 1 fully saturated rings. The molecule has 6 aromatic rings. The van der Waals surface area contributed by atoms with Crippen LogP contribution in [0, 0.1) is 5.92 Å². The van der Waals surface area contributed by atoms with E-state index >= 15 is 0 Å². The maximum absolute atomic E-state index is 14.0. The molecule has 286 valence electrons. The van der Waals surface area contributed by atoms with Crippen molar-refractivity contribution in [3.8, 4) is 32.0 Å². The van der Waals surface area contributed by atoms with E-state index in [1.165, 1.54) is 0 Å². The van der Waals surface area contributed by atoms with Gasteiger partial charge in [-0.1, -0.05) is 123 Å². The summed E-state index contributed by atoms with van der Waals surface area (Å²) < 4.78 is 0. The molecule has 1 aliphatic carbocycles. The quantitative estimate of drug-likeness (QED) is 0.0995. The van der Waals surface area contributed by atoms with Crippen molar-refractivity contribution < 1.29 is 14.4 Å². The van der Waals surface area contributed by atoms with Crippen molar-refractivity contribution in [3.63, 3.8) is 0 Å². The average Bonchev–Trinajstić information content (AvgIpc) is 3.81. The molecule has 1 aliphatic rings. The van der Waals surface area contributed by atoms with Crippen molar-refractivity contribution >= 4 is 40.4 Å². The van der Waals surface area contributed by atoms with Gasteiger partial charge >= 0.3 is 0 Å². The lowest BCUT2D eigenvalue weighted by Gasteiger charge is -2.27. The van der Waals surface area contributed by atoms with Crippen LogP contribution in [0.5, 0.6) is 0 Å². The number of thiazole rings is 2. The summed E-state index contributed by atoms with van der Waals surface area (Å²) >= 11 is 3.22. The van der Waals surface area contributed by atoms with Crippen molar-refractivity contribution in [2.24, 2.45) is 5.92 Å². The number of benzene rings is 4. The van der Waals surface area contributed by atoms with Gasteiger partial charge in [-0.2, -0.15) is 0 Å². The van der Waals surface area contributed by atoms with Gasteiger partial charge in [0.15, 0.2) is 0 Å². The molecule has 0 radical (unpaired) electrons. The van der Waals surface area contributed by atoms with E-state index in [0.717, 1.165) is 78.8 Å². The summed E-state index contributed by atoms with van der Waals surface area (Å²) in [6.07, 6.45) is 7.63. The highest BCUT2D eigenvalue weighted by atomic mass is 32.1. The van der Waals surface area contributed by atoms with E-state index in [-0.39, 0.29) is 23.6 Å². The molecule has 0 unspecified atom stereocenters. The van der Waals surface area contributed by atoms with Gasteiger partial charge < -0.3 is 15.1 Å². The van der Waals surface area contributed by atoms with Crippen LogP contribution in [0.2, 0.25) is 0 Å². The predicted octanol–water partition coefficient (Wildman–Crippen LogP) is 9.59. The Balaban J connectivity index is 0.980. The Bertz CT molecular complexity index is 2210. The maximum atomic E-state index is 14.0. The first-order chi connectivity index (χ1) is 27.4. The Morgan fingerprint density at radius 1 is 0.661 bits per heavy atom. The third-order valence-electron chi connectivity index (χ3n) is 9.90. The second-order valence-corrected chi connectivity index (χ2v) is 16.5. The smallest absolute Gasteiger partial charge is 0.250 e. The minimum atomic E-state index is -0.722. The highest BCUT2D eigenvalue weighted by Crippen LogP contribution is 2.33. The van der Waals surface area contributed by atoms with E-state index in [0.29, 0.717) is 32.6 Å². The van der Waals surface area contributed by atoms with Gasteiger partial charge in [-0.25, -0.2) is 9.97 Å². The third kappa shape index (κ3) is 9.85. The van der Waals surface area contributed by atoms with Gasteiger partial charge in [0.05, 0.1) is 29.3 Å². The number of nitrogens with one attached hydrogen (secondary N) is 1. The molecule has 3 amide bonds. The van der Waals surface area contributed by atoms with Crippen LogP contribution in [0.1, 0.15) is 66.7 Å². The van der Waals surface area contributed by atoms with Gasteiger partial charge in [0.2, 0.25) is 17.7 Å². The number of carbonyl (C=O) groups excluding carboxylic acids is 3. The lowest BCUT2D eigenvalue weighted by molar-refractivity contribution is -0.137. The zero-order valence-corrected chi connectivity index (χ0v) is 33.5. The molecule has 56 heavy (non-hydrogen) atoms. The number of hydrogen-bond donors (Lipinski definition) is 1. The van der Waals surface area contributed by atoms with Crippen molar-refractivity contribution in [1.29, 1.82) is 0 Å². The molecule has 0 spiro atoms. The van der Waals surface area contributed by atoms with E-state index in [9.17, 15) is 14.4 Å². The number of carbonyl (C=O) groups is 3. The topological polar surface area (TPSA) is 95.5 Å². The fourth-order valence-corrected chi connectivity index (χ4v) is 8.59. The van der Waals surface area contributed by atoms with E-state index in [1.54, 1.807) is 22.7 Å². The first-order valence-electron chi connectivity index (χ1n) is 19.4. The number of rotatable bonds is 17. The van der Waals surface area contributed by atoms with Gasteiger partial charge in [-0.05, 0) is 59.1 Å². The van der Waals surface area contributed by atoms with Crippen molar-refractivity contribution in [2.45, 2.75) is 65.1 Å². The minimum absolute atomic E-state index is 0.0104. The lowest BCUT2D eigenvalue weighted by atomic mass is 10.0. The number of aromatic nitrogens is 2. The van der Waals surface area contributed by atoms with Gasteiger partial charge in [0.1, 0.15) is 16.1 Å². The van der Waals surface area contributed by atoms with Crippen LogP contribution in [0.4, 0.5) is 0 Å². The molecule has 7 rings (SSSR count). The molecule has 0 aliphatic heterocycles. The molecule has 2 heterocycles. The molecule has 1 saturated carbocycles. The SMILES string of the molecule is CCCN(Cc1ncc(-c2ccc(-c3ccc(-c4cnc(CN(CCC)C(=O)[C@@H](NC(=O)C5CC5)c5ccccc5)s4)cc3)cc2)s1)C(=O)Cc1ccccc1. The van der Waals surface area contributed by atoms with Gasteiger partial charge in [-0.15, -0.1) is 22.7 Å². The highest BCUT2D eigenvalue weighted by molar-refractivity contribution is 7.15. The standard InChI is InChI=1S/C46H47N5O3S2/c1-3-25-50(43(52)27-32-11-7-5-8-12-32)30-41-47-28-39(55-41)35-19-15-33(16-20-35)34-17-21-36(22-18-34)40-29-48-42(56-40)31-51(26-4-2)46(54)44(37-13-9-6-10-14-37)49-45(53)38-23-24-38/h5-22,28-29,38,44H,3-4,23-27,30-31H2,1-2H3,(H,49,53)/t44-/m0/s1. The fraction of sp³-hybridized carbons (Fsp3) is 0.283. The minimum Gasteiger partial charge on any atom is -0.340 e. The Kier molecular flexibility index (Phi) is 12.8. The second-order valence-electron chi connectivity index (χ2n) is 14.3. The fourth-order valence-electron chi connectivity index (χ4n) is 6.72. The summed E-state index contributed by atoms with van der Waals surface area (Å²) in [6, 6.07) is 35.7. The highest BCUT2D eigenvalue weighted by Gasteiger charge is 2.34. The molecule has 10 heteroatoms. The van der Waals surface area contributed by atoms with Crippen LogP contribution in [0.15, 0.2) is 122 Å². The first-order valence-corrected chi connectivity index (χ1v) is 21.1. The summed E-state index contributed by atoms with van der Waals surface area (Å²) in [4.78, 5) is 55.1. The van der Waals surface area contributed by atoms with E-state index in [1.807, 2.05) is 82.9 Å². The Morgan fingerprint density at radius 3 is 1.66 bits per heavy atom. The van der Waals surface area contributed by atoms with Crippen LogP contribution in [-0.4, -0.2) is 50.6 Å². The lowest BCUT2D eigenvalue weighted by Crippen LogP contribution is -2.43. The number of amides is 3. The summed E-state index contributed by atoms with van der Waals surface area (Å²) in [5, 5.41) is 4.82. The molecule has 1 N–H and O–H groups in total. The zero-order valence-electron chi connectivity index (χ0n) is 31.9. The summed E-state index contributed by atoms with van der Waals surface area (Å²) in [6.45, 7) is 6.32. The van der Waals surface area contributed by atoms with Crippen LogP contribution >= 0.6 is 22.7 Å². The Hall–Kier alpha value is -5.45. The maximum Gasteiger partial charge on any atom is 0.250 e.